The first kappa shape index (κ1) is 9.73. The van der Waals surface area contributed by atoms with Crippen LogP contribution in [0.4, 0.5) is 0 Å². The number of halogens is 1. The number of carbonyl (C=O) groups excluding carboxylic acids is 1. The number of carboxylic acids is 1. The van der Waals surface area contributed by atoms with E-state index in [-0.39, 0.29) is 11.3 Å². The van der Waals surface area contributed by atoms with Gasteiger partial charge in [0.05, 0.1) is 5.56 Å². The van der Waals surface area contributed by atoms with Gasteiger partial charge in [0, 0.05) is 4.47 Å². The number of phenolic OH excluding ortho intramolecular Hbond substituents is 1. The molecule has 0 unspecified atom stereocenters. The van der Waals surface area contributed by atoms with Gasteiger partial charge < -0.3 is 10.2 Å². The third kappa shape index (κ3) is 2.06. The van der Waals surface area contributed by atoms with Gasteiger partial charge in [-0.25, -0.2) is 4.79 Å². The molecule has 0 atom stereocenters. The number of carboxylic acid groups (broad SMARTS) is 1. The van der Waals surface area contributed by atoms with Gasteiger partial charge in [0.25, 0.3) is 5.78 Å². The maximum atomic E-state index is 10.9. The number of aromatic hydroxyl groups is 1. The fraction of sp³-hybridized carbons (Fsp3) is 0. The van der Waals surface area contributed by atoms with E-state index in [1.165, 1.54) is 18.2 Å². The van der Waals surface area contributed by atoms with E-state index in [1.807, 2.05) is 0 Å². The Morgan fingerprint density at radius 2 is 1.92 bits per heavy atom. The number of carbonyl (C=O) groups is 2. The largest absolute Gasteiger partial charge is 0.507 e. The molecule has 0 aliphatic carbocycles. The Kier molecular flexibility index (Phi) is 2.67. The zero-order valence-electron chi connectivity index (χ0n) is 6.32. The van der Waals surface area contributed by atoms with Crippen LogP contribution in [0.15, 0.2) is 22.7 Å². The van der Waals surface area contributed by atoms with Crippen LogP contribution in [0, 0.1) is 0 Å². The molecule has 0 bridgehead atoms. The van der Waals surface area contributed by atoms with Crippen LogP contribution in [0.2, 0.25) is 0 Å². The summed E-state index contributed by atoms with van der Waals surface area (Å²) < 4.78 is 0.537. The molecule has 13 heavy (non-hydrogen) atoms. The highest BCUT2D eigenvalue weighted by molar-refractivity contribution is 9.10. The number of benzene rings is 1. The van der Waals surface area contributed by atoms with Gasteiger partial charge in [0.15, 0.2) is 0 Å². The molecular weight excluding hydrogens is 240 g/mol. The topological polar surface area (TPSA) is 74.6 Å². The van der Waals surface area contributed by atoms with Gasteiger partial charge in [0.2, 0.25) is 0 Å². The molecule has 2 N–H and O–H groups in total. The van der Waals surface area contributed by atoms with E-state index in [9.17, 15) is 9.59 Å². The molecule has 0 spiro atoms. The first-order valence-corrected chi connectivity index (χ1v) is 4.08. The summed E-state index contributed by atoms with van der Waals surface area (Å²) in [6.07, 6.45) is 0. The van der Waals surface area contributed by atoms with Gasteiger partial charge >= 0.3 is 5.97 Å². The number of hydrogen-bond acceptors (Lipinski definition) is 3. The third-order valence-electron chi connectivity index (χ3n) is 1.40. The Morgan fingerprint density at radius 1 is 1.31 bits per heavy atom. The normalized spacial score (nSPS) is 9.62. The van der Waals surface area contributed by atoms with E-state index >= 15 is 0 Å². The van der Waals surface area contributed by atoms with E-state index in [0.717, 1.165) is 0 Å². The average Bonchev–Trinajstić information content (AvgIpc) is 2.08. The summed E-state index contributed by atoms with van der Waals surface area (Å²) in [6, 6.07) is 4.01. The van der Waals surface area contributed by atoms with Crippen LogP contribution in [0.1, 0.15) is 10.4 Å². The standard InChI is InChI=1S/C8H5BrO4/c9-4-1-2-6(10)5(3-4)7(11)8(12)13/h1-3,10H,(H,12,13). The van der Waals surface area contributed by atoms with Crippen molar-refractivity contribution in [3.05, 3.63) is 28.2 Å². The molecule has 0 saturated carbocycles. The van der Waals surface area contributed by atoms with Crippen molar-refractivity contribution in [1.29, 1.82) is 0 Å². The first-order chi connectivity index (χ1) is 6.02. The lowest BCUT2D eigenvalue weighted by atomic mass is 10.1. The predicted octanol–water partition coefficient (Wildman–Crippen LogP) is 1.42. The number of phenols is 1. The first-order valence-electron chi connectivity index (χ1n) is 3.28. The lowest BCUT2D eigenvalue weighted by Gasteiger charge is -2.00. The molecule has 5 heteroatoms. The van der Waals surface area contributed by atoms with Crippen molar-refractivity contribution in [3.63, 3.8) is 0 Å². The second-order valence-electron chi connectivity index (χ2n) is 2.30. The van der Waals surface area contributed by atoms with Crippen LogP contribution >= 0.6 is 15.9 Å². The minimum Gasteiger partial charge on any atom is -0.507 e. The van der Waals surface area contributed by atoms with Crippen LogP contribution in [-0.2, 0) is 4.79 Å². The molecule has 0 radical (unpaired) electrons. The van der Waals surface area contributed by atoms with Gasteiger partial charge in [-0.2, -0.15) is 0 Å². The van der Waals surface area contributed by atoms with Crippen molar-refractivity contribution in [2.45, 2.75) is 0 Å². The van der Waals surface area contributed by atoms with Crippen molar-refractivity contribution in [2.75, 3.05) is 0 Å². The van der Waals surface area contributed by atoms with Crippen LogP contribution in [0.5, 0.6) is 5.75 Å². The van der Waals surface area contributed by atoms with Crippen molar-refractivity contribution in [3.8, 4) is 5.75 Å². The summed E-state index contributed by atoms with van der Waals surface area (Å²) in [4.78, 5) is 21.2. The van der Waals surface area contributed by atoms with E-state index in [1.54, 1.807) is 0 Å². The van der Waals surface area contributed by atoms with Crippen LogP contribution < -0.4 is 0 Å². The average molecular weight is 245 g/mol. The molecule has 0 saturated heterocycles. The molecule has 68 valence electrons. The molecule has 0 aromatic heterocycles. The molecule has 1 aromatic rings. The monoisotopic (exact) mass is 244 g/mol. The molecule has 0 aliphatic heterocycles. The fourth-order valence-corrected chi connectivity index (χ4v) is 1.17. The quantitative estimate of drug-likeness (QED) is 0.610. The Balaban J connectivity index is 3.21. The highest BCUT2D eigenvalue weighted by Gasteiger charge is 2.18. The number of hydrogen-bond donors (Lipinski definition) is 2. The van der Waals surface area contributed by atoms with E-state index in [2.05, 4.69) is 15.9 Å². The fourth-order valence-electron chi connectivity index (χ4n) is 0.805. The van der Waals surface area contributed by atoms with Crippen LogP contribution in [0.25, 0.3) is 0 Å². The Morgan fingerprint density at radius 3 is 2.46 bits per heavy atom. The third-order valence-corrected chi connectivity index (χ3v) is 1.89. The maximum absolute atomic E-state index is 10.9. The summed E-state index contributed by atoms with van der Waals surface area (Å²) in [7, 11) is 0. The summed E-state index contributed by atoms with van der Waals surface area (Å²) in [5.74, 6) is -3.05. The minimum atomic E-state index is -1.59. The molecule has 0 heterocycles. The minimum absolute atomic E-state index is 0.220. The van der Waals surface area contributed by atoms with E-state index in [4.69, 9.17) is 10.2 Å². The molecule has 0 fully saturated rings. The lowest BCUT2D eigenvalue weighted by molar-refractivity contribution is -0.131. The number of aliphatic carboxylic acids is 1. The van der Waals surface area contributed by atoms with Gasteiger partial charge in [-0.05, 0) is 18.2 Å². The molecule has 0 amide bonds. The summed E-state index contributed by atoms with van der Waals surface area (Å²) >= 11 is 3.06. The van der Waals surface area contributed by atoms with Crippen LogP contribution in [-0.4, -0.2) is 22.0 Å². The smallest absolute Gasteiger partial charge is 0.377 e. The summed E-state index contributed by atoms with van der Waals surface area (Å²) in [6.45, 7) is 0. The Labute approximate surface area is 81.9 Å². The highest BCUT2D eigenvalue weighted by atomic mass is 79.9. The molecule has 4 nitrogen and oxygen atoms in total. The maximum Gasteiger partial charge on any atom is 0.377 e. The lowest BCUT2D eigenvalue weighted by Crippen LogP contribution is -2.12. The van der Waals surface area contributed by atoms with Crippen molar-refractivity contribution >= 4 is 27.7 Å². The van der Waals surface area contributed by atoms with Gasteiger partial charge in [-0.1, -0.05) is 15.9 Å². The summed E-state index contributed by atoms with van der Waals surface area (Å²) in [5.41, 5.74) is -0.220. The molecule has 0 aliphatic rings. The number of Topliss-reactive ketones (excluding diaryl/α,β-unsaturated/α-hetero) is 1. The van der Waals surface area contributed by atoms with Gasteiger partial charge in [0.1, 0.15) is 5.75 Å². The molecule has 1 aromatic carbocycles. The zero-order valence-corrected chi connectivity index (χ0v) is 7.91. The van der Waals surface area contributed by atoms with Gasteiger partial charge in [-0.15, -0.1) is 0 Å². The van der Waals surface area contributed by atoms with Crippen molar-refractivity contribution in [1.82, 2.24) is 0 Å². The Hall–Kier alpha value is -1.36. The number of ketones is 1. The van der Waals surface area contributed by atoms with Gasteiger partial charge in [-0.3, -0.25) is 4.79 Å². The van der Waals surface area contributed by atoms with E-state index in [0.29, 0.717) is 4.47 Å². The second kappa shape index (κ2) is 3.57. The predicted molar refractivity (Wildman–Crippen MR) is 47.8 cm³/mol. The molecule has 1 rings (SSSR count). The van der Waals surface area contributed by atoms with Crippen molar-refractivity contribution < 1.29 is 19.8 Å². The summed E-state index contributed by atoms with van der Waals surface area (Å²) in [5, 5.41) is 17.5. The highest BCUT2D eigenvalue weighted by Crippen LogP contribution is 2.22. The van der Waals surface area contributed by atoms with Crippen LogP contribution in [0.3, 0.4) is 0 Å². The van der Waals surface area contributed by atoms with E-state index < -0.39 is 11.8 Å². The van der Waals surface area contributed by atoms with Crippen molar-refractivity contribution in [2.24, 2.45) is 0 Å². The Bertz CT molecular complexity index is 372. The zero-order chi connectivity index (χ0) is 10.0. The second-order valence-corrected chi connectivity index (χ2v) is 3.21. The number of rotatable bonds is 2. The molecular formula is C8H5BrO4. The SMILES string of the molecule is O=C(O)C(=O)c1cc(Br)ccc1O.